The molecule has 0 aromatic rings. The minimum absolute atomic E-state index is 0.101. The molecule has 0 saturated carbocycles. The highest BCUT2D eigenvalue weighted by Gasteiger charge is 2.00. The lowest BCUT2D eigenvalue weighted by molar-refractivity contribution is -0.120. The molecule has 0 unspecified atom stereocenters. The van der Waals surface area contributed by atoms with E-state index in [4.69, 9.17) is 4.74 Å². The summed E-state index contributed by atoms with van der Waals surface area (Å²) in [7, 11) is 0. The number of hydrogen-bond donors (Lipinski definition) is 2. The Morgan fingerprint density at radius 3 is 2.15 bits per heavy atom. The SMILES string of the molecule is CC(C)NCC(=O)NCCCCCCCCOC(C)C. The lowest BCUT2D eigenvalue weighted by Gasteiger charge is -2.09. The number of nitrogens with one attached hydrogen (secondary N) is 2. The average Bonchev–Trinajstić information content (AvgIpc) is 2.38. The number of amides is 1. The molecule has 0 aliphatic heterocycles. The van der Waals surface area contributed by atoms with E-state index < -0.39 is 0 Å². The minimum Gasteiger partial charge on any atom is -0.379 e. The lowest BCUT2D eigenvalue weighted by Crippen LogP contribution is -2.37. The van der Waals surface area contributed by atoms with Crippen LogP contribution < -0.4 is 10.6 Å². The number of hydrogen-bond acceptors (Lipinski definition) is 3. The Bertz CT molecular complexity index is 231. The summed E-state index contributed by atoms with van der Waals surface area (Å²) in [6.07, 6.45) is 7.56. The second-order valence-electron chi connectivity index (χ2n) is 5.93. The van der Waals surface area contributed by atoms with E-state index in [0.717, 1.165) is 26.0 Å². The highest BCUT2D eigenvalue weighted by atomic mass is 16.5. The van der Waals surface area contributed by atoms with Gasteiger partial charge in [-0.2, -0.15) is 0 Å². The van der Waals surface area contributed by atoms with Crippen molar-refractivity contribution >= 4 is 5.91 Å². The Morgan fingerprint density at radius 2 is 1.55 bits per heavy atom. The zero-order valence-corrected chi connectivity index (χ0v) is 13.8. The van der Waals surface area contributed by atoms with Gasteiger partial charge in [0, 0.05) is 19.2 Å². The molecule has 0 fully saturated rings. The first kappa shape index (κ1) is 19.4. The largest absolute Gasteiger partial charge is 0.379 e. The summed E-state index contributed by atoms with van der Waals surface area (Å²) in [6.45, 7) is 10.3. The number of carbonyl (C=O) groups is 1. The molecule has 0 aromatic carbocycles. The van der Waals surface area contributed by atoms with Gasteiger partial charge in [-0.05, 0) is 26.7 Å². The first-order valence-corrected chi connectivity index (χ1v) is 8.14. The van der Waals surface area contributed by atoms with Crippen molar-refractivity contribution in [2.75, 3.05) is 19.7 Å². The Balaban J connectivity index is 3.14. The third-order valence-corrected chi connectivity index (χ3v) is 3.02. The van der Waals surface area contributed by atoms with Crippen LogP contribution in [-0.4, -0.2) is 37.7 Å². The van der Waals surface area contributed by atoms with E-state index in [2.05, 4.69) is 24.5 Å². The summed E-state index contributed by atoms with van der Waals surface area (Å²) in [4.78, 5) is 11.4. The molecule has 0 rings (SSSR count). The van der Waals surface area contributed by atoms with Crippen molar-refractivity contribution in [2.24, 2.45) is 0 Å². The fourth-order valence-electron chi connectivity index (χ4n) is 1.84. The monoisotopic (exact) mass is 286 g/mol. The van der Waals surface area contributed by atoms with Crippen molar-refractivity contribution in [3.63, 3.8) is 0 Å². The lowest BCUT2D eigenvalue weighted by atomic mass is 10.1. The predicted molar refractivity (Wildman–Crippen MR) is 84.9 cm³/mol. The van der Waals surface area contributed by atoms with Gasteiger partial charge in [0.25, 0.3) is 0 Å². The molecule has 2 N–H and O–H groups in total. The van der Waals surface area contributed by atoms with Crippen LogP contribution in [0.4, 0.5) is 0 Å². The van der Waals surface area contributed by atoms with Crippen LogP contribution in [0.25, 0.3) is 0 Å². The van der Waals surface area contributed by atoms with Gasteiger partial charge in [0.15, 0.2) is 0 Å². The van der Waals surface area contributed by atoms with E-state index in [1.54, 1.807) is 0 Å². The molecule has 4 nitrogen and oxygen atoms in total. The van der Waals surface area contributed by atoms with Crippen LogP contribution in [0.2, 0.25) is 0 Å². The molecule has 0 heterocycles. The first-order valence-electron chi connectivity index (χ1n) is 8.14. The van der Waals surface area contributed by atoms with Crippen molar-refractivity contribution in [1.82, 2.24) is 10.6 Å². The molecule has 120 valence electrons. The third-order valence-electron chi connectivity index (χ3n) is 3.02. The van der Waals surface area contributed by atoms with Crippen molar-refractivity contribution in [3.05, 3.63) is 0 Å². The van der Waals surface area contributed by atoms with Crippen molar-refractivity contribution in [1.29, 1.82) is 0 Å². The smallest absolute Gasteiger partial charge is 0.233 e. The van der Waals surface area contributed by atoms with Gasteiger partial charge >= 0.3 is 0 Å². The number of unbranched alkanes of at least 4 members (excludes halogenated alkanes) is 5. The summed E-state index contributed by atoms with van der Waals surface area (Å²) in [5, 5.41) is 6.05. The van der Waals surface area contributed by atoms with Gasteiger partial charge in [0.2, 0.25) is 5.91 Å². The van der Waals surface area contributed by atoms with Crippen molar-refractivity contribution < 1.29 is 9.53 Å². The molecule has 1 amide bonds. The molecule has 0 aromatic heterocycles. The molecule has 0 bridgehead atoms. The molecule has 0 aliphatic rings. The molecule has 0 spiro atoms. The normalized spacial score (nSPS) is 11.3. The quantitative estimate of drug-likeness (QED) is 0.512. The predicted octanol–water partition coefficient (Wildman–Crippen LogP) is 2.87. The van der Waals surface area contributed by atoms with E-state index in [1.807, 2.05) is 13.8 Å². The molecule has 0 atom stereocenters. The van der Waals surface area contributed by atoms with E-state index in [-0.39, 0.29) is 5.91 Å². The fourth-order valence-corrected chi connectivity index (χ4v) is 1.84. The molecule has 0 radical (unpaired) electrons. The van der Waals surface area contributed by atoms with Gasteiger partial charge in [0.05, 0.1) is 12.6 Å². The second-order valence-corrected chi connectivity index (χ2v) is 5.93. The Labute approximate surface area is 125 Å². The van der Waals surface area contributed by atoms with E-state index in [9.17, 15) is 4.79 Å². The maximum atomic E-state index is 11.4. The fraction of sp³-hybridized carbons (Fsp3) is 0.938. The number of rotatable bonds is 13. The maximum absolute atomic E-state index is 11.4. The van der Waals surface area contributed by atoms with Gasteiger partial charge in [-0.25, -0.2) is 0 Å². The van der Waals surface area contributed by atoms with Gasteiger partial charge < -0.3 is 15.4 Å². The van der Waals surface area contributed by atoms with Gasteiger partial charge in [-0.15, -0.1) is 0 Å². The summed E-state index contributed by atoms with van der Waals surface area (Å²) in [5.41, 5.74) is 0. The zero-order valence-electron chi connectivity index (χ0n) is 13.8. The molecule has 4 heteroatoms. The average molecular weight is 286 g/mol. The highest BCUT2D eigenvalue weighted by Crippen LogP contribution is 2.05. The summed E-state index contributed by atoms with van der Waals surface area (Å²) >= 11 is 0. The van der Waals surface area contributed by atoms with Crippen LogP contribution in [0, 0.1) is 0 Å². The topological polar surface area (TPSA) is 50.4 Å². The van der Waals surface area contributed by atoms with Gasteiger partial charge in [0.1, 0.15) is 0 Å². The van der Waals surface area contributed by atoms with Crippen molar-refractivity contribution in [2.45, 2.75) is 78.4 Å². The standard InChI is InChI=1S/C16H34N2O2/c1-14(2)18-13-16(19)17-11-9-7-5-6-8-10-12-20-15(3)4/h14-15,18H,5-13H2,1-4H3,(H,17,19). The summed E-state index contributed by atoms with van der Waals surface area (Å²) in [5.74, 6) is 0.101. The van der Waals surface area contributed by atoms with Crippen LogP contribution in [0.1, 0.15) is 66.2 Å². The second kappa shape index (κ2) is 13.4. The maximum Gasteiger partial charge on any atom is 0.233 e. The van der Waals surface area contributed by atoms with Gasteiger partial charge in [-0.1, -0.05) is 39.5 Å². The summed E-state index contributed by atoms with van der Waals surface area (Å²) < 4.78 is 5.50. The van der Waals surface area contributed by atoms with Gasteiger partial charge in [-0.3, -0.25) is 4.79 Å². The molecular formula is C16H34N2O2. The molecule has 20 heavy (non-hydrogen) atoms. The van der Waals surface area contributed by atoms with Crippen molar-refractivity contribution in [3.8, 4) is 0 Å². The van der Waals surface area contributed by atoms with E-state index in [1.165, 1.54) is 25.7 Å². The van der Waals surface area contributed by atoms with E-state index >= 15 is 0 Å². The van der Waals surface area contributed by atoms with Crippen LogP contribution in [-0.2, 0) is 9.53 Å². The minimum atomic E-state index is 0.101. The Kier molecular flexibility index (Phi) is 13.0. The van der Waals surface area contributed by atoms with Crippen LogP contribution in [0.5, 0.6) is 0 Å². The molecule has 0 saturated heterocycles. The Hall–Kier alpha value is -0.610. The van der Waals surface area contributed by atoms with Crippen LogP contribution >= 0.6 is 0 Å². The molecular weight excluding hydrogens is 252 g/mol. The first-order chi connectivity index (χ1) is 9.52. The van der Waals surface area contributed by atoms with Crippen LogP contribution in [0.3, 0.4) is 0 Å². The summed E-state index contributed by atoms with van der Waals surface area (Å²) in [6, 6.07) is 0.362. The van der Waals surface area contributed by atoms with Crippen LogP contribution in [0.15, 0.2) is 0 Å². The zero-order chi connectivity index (χ0) is 15.2. The number of ether oxygens (including phenoxy) is 1. The van der Waals surface area contributed by atoms with E-state index in [0.29, 0.717) is 18.7 Å². The Morgan fingerprint density at radius 1 is 0.950 bits per heavy atom. The third kappa shape index (κ3) is 15.4. The molecule has 0 aliphatic carbocycles. The number of carbonyl (C=O) groups excluding carboxylic acids is 1. The highest BCUT2D eigenvalue weighted by molar-refractivity contribution is 5.77.